The van der Waals surface area contributed by atoms with Gasteiger partial charge in [0, 0.05) is 13.1 Å². The Kier molecular flexibility index (Phi) is 5.52. The van der Waals surface area contributed by atoms with E-state index in [1.54, 1.807) is 5.32 Å². The predicted octanol–water partition coefficient (Wildman–Crippen LogP) is 0.910. The molecule has 0 bridgehead atoms. The molecule has 0 saturated heterocycles. The molecule has 84 valence electrons. The highest BCUT2D eigenvalue weighted by molar-refractivity contribution is 5.81. The minimum atomic E-state index is -4.78. The molecule has 3 nitrogen and oxygen atoms in total. The predicted molar refractivity (Wildman–Crippen MR) is 46.8 cm³/mol. The van der Waals surface area contributed by atoms with Crippen LogP contribution in [0.3, 0.4) is 0 Å². The Morgan fingerprint density at radius 3 is 2.29 bits per heavy atom. The van der Waals surface area contributed by atoms with Gasteiger partial charge in [-0.3, -0.25) is 4.79 Å². The van der Waals surface area contributed by atoms with Crippen molar-refractivity contribution in [2.24, 2.45) is 5.92 Å². The van der Waals surface area contributed by atoms with E-state index in [1.807, 2.05) is 13.8 Å². The molecule has 0 aromatic heterocycles. The average Bonchev–Trinajstić information content (AvgIpc) is 2.01. The number of alkyl halides is 3. The number of nitrogens with one attached hydrogen (secondary N) is 2. The summed E-state index contributed by atoms with van der Waals surface area (Å²) >= 11 is 0. The lowest BCUT2D eigenvalue weighted by molar-refractivity contribution is -0.173. The molecular formula is C8H15F3N2O. The van der Waals surface area contributed by atoms with Gasteiger partial charge in [0.1, 0.15) is 0 Å². The first-order chi connectivity index (χ1) is 6.34. The summed E-state index contributed by atoms with van der Waals surface area (Å²) in [5.41, 5.74) is 0. The van der Waals surface area contributed by atoms with Crippen LogP contribution in [-0.4, -0.2) is 31.7 Å². The minimum Gasteiger partial charge on any atom is -0.347 e. The molecule has 0 rings (SSSR count). The topological polar surface area (TPSA) is 41.1 Å². The first-order valence-corrected chi connectivity index (χ1v) is 4.39. The Morgan fingerprint density at radius 1 is 1.29 bits per heavy atom. The van der Waals surface area contributed by atoms with Crippen LogP contribution in [0.1, 0.15) is 13.8 Å². The fourth-order valence-corrected chi connectivity index (χ4v) is 0.755. The zero-order valence-electron chi connectivity index (χ0n) is 8.24. The van der Waals surface area contributed by atoms with E-state index in [0.29, 0.717) is 12.5 Å². The summed E-state index contributed by atoms with van der Waals surface area (Å²) in [4.78, 5) is 10.3. The molecular weight excluding hydrogens is 197 g/mol. The van der Waals surface area contributed by atoms with Crippen LogP contribution in [0.5, 0.6) is 0 Å². The van der Waals surface area contributed by atoms with E-state index in [1.165, 1.54) is 0 Å². The highest BCUT2D eigenvalue weighted by Crippen LogP contribution is 2.13. The van der Waals surface area contributed by atoms with Crippen LogP contribution in [-0.2, 0) is 4.79 Å². The van der Waals surface area contributed by atoms with Gasteiger partial charge in [0.15, 0.2) is 0 Å². The van der Waals surface area contributed by atoms with Crippen LogP contribution in [0.25, 0.3) is 0 Å². The van der Waals surface area contributed by atoms with Gasteiger partial charge in [0.25, 0.3) is 0 Å². The van der Waals surface area contributed by atoms with Crippen LogP contribution >= 0.6 is 0 Å². The summed E-state index contributed by atoms with van der Waals surface area (Å²) in [5, 5.41) is 4.68. The first kappa shape index (κ1) is 13.2. The molecule has 0 aliphatic rings. The van der Waals surface area contributed by atoms with Gasteiger partial charge >= 0.3 is 12.1 Å². The maximum absolute atomic E-state index is 11.7. The van der Waals surface area contributed by atoms with E-state index < -0.39 is 12.1 Å². The monoisotopic (exact) mass is 212 g/mol. The summed E-state index contributed by atoms with van der Waals surface area (Å²) in [6.07, 6.45) is -4.78. The number of hydrogen-bond donors (Lipinski definition) is 2. The molecule has 0 unspecified atom stereocenters. The molecule has 0 radical (unpaired) electrons. The van der Waals surface area contributed by atoms with Crippen molar-refractivity contribution >= 4 is 5.91 Å². The van der Waals surface area contributed by atoms with E-state index in [-0.39, 0.29) is 6.54 Å². The maximum atomic E-state index is 11.7. The van der Waals surface area contributed by atoms with E-state index in [4.69, 9.17) is 0 Å². The Labute approximate surface area is 81.1 Å². The van der Waals surface area contributed by atoms with Crippen LogP contribution < -0.4 is 10.6 Å². The lowest BCUT2D eigenvalue weighted by atomic mass is 10.2. The van der Waals surface area contributed by atoms with Crippen LogP contribution in [0.2, 0.25) is 0 Å². The second-order valence-electron chi connectivity index (χ2n) is 3.35. The third-order valence-corrected chi connectivity index (χ3v) is 1.40. The summed E-state index contributed by atoms with van der Waals surface area (Å²) in [6, 6.07) is 0. The third-order valence-electron chi connectivity index (χ3n) is 1.40. The summed E-state index contributed by atoms with van der Waals surface area (Å²) in [6.45, 7) is 5.04. The molecule has 0 aromatic carbocycles. The number of hydrogen-bond acceptors (Lipinski definition) is 2. The largest absolute Gasteiger partial charge is 0.471 e. The normalized spacial score (nSPS) is 11.9. The number of rotatable bonds is 5. The SMILES string of the molecule is CC(C)CNCCNC(=O)C(F)(F)F. The van der Waals surface area contributed by atoms with Crippen molar-refractivity contribution in [2.45, 2.75) is 20.0 Å². The average molecular weight is 212 g/mol. The van der Waals surface area contributed by atoms with Gasteiger partial charge in [-0.25, -0.2) is 0 Å². The number of carbonyl (C=O) groups excluding carboxylic acids is 1. The van der Waals surface area contributed by atoms with E-state index in [9.17, 15) is 18.0 Å². The van der Waals surface area contributed by atoms with Crippen LogP contribution in [0.15, 0.2) is 0 Å². The minimum absolute atomic E-state index is 0.00887. The number of carbonyl (C=O) groups is 1. The molecule has 14 heavy (non-hydrogen) atoms. The van der Waals surface area contributed by atoms with Crippen molar-refractivity contribution in [3.05, 3.63) is 0 Å². The molecule has 0 atom stereocenters. The lowest BCUT2D eigenvalue weighted by Crippen LogP contribution is -2.40. The number of amides is 1. The molecule has 0 aromatic rings. The zero-order valence-corrected chi connectivity index (χ0v) is 8.24. The van der Waals surface area contributed by atoms with Gasteiger partial charge in [-0.2, -0.15) is 13.2 Å². The van der Waals surface area contributed by atoms with E-state index in [2.05, 4.69) is 5.32 Å². The quantitative estimate of drug-likeness (QED) is 0.665. The maximum Gasteiger partial charge on any atom is 0.471 e. The summed E-state index contributed by atoms with van der Waals surface area (Å²) in [5.74, 6) is -1.45. The molecule has 1 amide bonds. The van der Waals surface area contributed by atoms with Gasteiger partial charge < -0.3 is 10.6 Å². The van der Waals surface area contributed by atoms with E-state index in [0.717, 1.165) is 6.54 Å². The van der Waals surface area contributed by atoms with Gasteiger partial charge in [0.2, 0.25) is 0 Å². The molecule has 2 N–H and O–H groups in total. The summed E-state index contributed by atoms with van der Waals surface area (Å²) in [7, 11) is 0. The van der Waals surface area contributed by atoms with Gasteiger partial charge in [0.05, 0.1) is 0 Å². The van der Waals surface area contributed by atoms with Gasteiger partial charge in [-0.05, 0) is 12.5 Å². The standard InChI is InChI=1S/C8H15F3N2O/c1-6(2)5-12-3-4-13-7(14)8(9,10)11/h6,12H,3-5H2,1-2H3,(H,13,14). The molecule has 6 heteroatoms. The van der Waals surface area contributed by atoms with Crippen molar-refractivity contribution in [2.75, 3.05) is 19.6 Å². The highest BCUT2D eigenvalue weighted by Gasteiger charge is 2.38. The fraction of sp³-hybridized carbons (Fsp3) is 0.875. The molecule has 0 aliphatic heterocycles. The zero-order chi connectivity index (χ0) is 11.2. The van der Waals surface area contributed by atoms with Crippen molar-refractivity contribution < 1.29 is 18.0 Å². The molecule has 0 fully saturated rings. The second-order valence-corrected chi connectivity index (χ2v) is 3.35. The molecule has 0 spiro atoms. The van der Waals surface area contributed by atoms with Gasteiger partial charge in [-0.1, -0.05) is 13.8 Å². The Bertz CT molecular complexity index is 180. The lowest BCUT2D eigenvalue weighted by Gasteiger charge is -2.09. The van der Waals surface area contributed by atoms with Gasteiger partial charge in [-0.15, -0.1) is 0 Å². The van der Waals surface area contributed by atoms with Crippen LogP contribution in [0.4, 0.5) is 13.2 Å². The highest BCUT2D eigenvalue weighted by atomic mass is 19.4. The van der Waals surface area contributed by atoms with Crippen molar-refractivity contribution in [1.82, 2.24) is 10.6 Å². The Hall–Kier alpha value is -0.780. The Balaban J connectivity index is 3.42. The third kappa shape index (κ3) is 6.71. The van der Waals surface area contributed by atoms with Crippen LogP contribution in [0, 0.1) is 5.92 Å². The van der Waals surface area contributed by atoms with Crippen molar-refractivity contribution in [3.63, 3.8) is 0 Å². The summed E-state index contributed by atoms with van der Waals surface area (Å²) < 4.78 is 35.0. The molecule has 0 saturated carbocycles. The van der Waals surface area contributed by atoms with Crippen molar-refractivity contribution in [1.29, 1.82) is 0 Å². The second kappa shape index (κ2) is 5.85. The molecule has 0 aliphatic carbocycles. The van der Waals surface area contributed by atoms with Crippen molar-refractivity contribution in [3.8, 4) is 0 Å². The molecule has 0 heterocycles. The fourth-order valence-electron chi connectivity index (χ4n) is 0.755. The Morgan fingerprint density at radius 2 is 1.86 bits per heavy atom. The van der Waals surface area contributed by atoms with E-state index >= 15 is 0 Å². The number of halogens is 3. The smallest absolute Gasteiger partial charge is 0.347 e. The first-order valence-electron chi connectivity index (χ1n) is 4.39.